The number of carbonyl (C=O) groups excluding carboxylic acids is 2. The smallest absolute Gasteiger partial charge is 0.444 e. The van der Waals surface area contributed by atoms with Gasteiger partial charge in [-0.15, -0.1) is 0 Å². The van der Waals surface area contributed by atoms with Crippen molar-refractivity contribution in [2.45, 2.75) is 150 Å². The Kier molecular flexibility index (Phi) is 22.2. The van der Waals surface area contributed by atoms with Crippen molar-refractivity contribution in [3.05, 3.63) is 123 Å². The van der Waals surface area contributed by atoms with Gasteiger partial charge in [0.15, 0.2) is 16.6 Å². The fourth-order valence-electron chi connectivity index (χ4n) is 5.42. The fraction of sp³-hybridized carbons (Fsp3) is 0.451. The Morgan fingerprint density at radius 2 is 1.12 bits per heavy atom. The second-order valence-corrected chi connectivity index (χ2v) is 31.0. The van der Waals surface area contributed by atoms with Crippen molar-refractivity contribution in [3.63, 3.8) is 0 Å². The van der Waals surface area contributed by atoms with E-state index in [2.05, 4.69) is 112 Å². The first-order valence-corrected chi connectivity index (χ1v) is 29.0. The van der Waals surface area contributed by atoms with Crippen LogP contribution in [0.25, 0.3) is 11.1 Å². The van der Waals surface area contributed by atoms with E-state index in [0.29, 0.717) is 41.9 Å². The molecule has 0 radical (unpaired) electrons. The van der Waals surface area contributed by atoms with Crippen molar-refractivity contribution >= 4 is 57.3 Å². The quantitative estimate of drug-likeness (QED) is 0.0940. The third kappa shape index (κ3) is 22.3. The number of hydrogen-bond acceptors (Lipinski definition) is 10. The highest BCUT2D eigenvalue weighted by Crippen LogP contribution is 2.37. The molecule has 4 aromatic rings. The van der Waals surface area contributed by atoms with Gasteiger partial charge in [-0.3, -0.25) is 0 Å². The molecule has 0 spiro atoms. The molecular formula is C51H72BBrN4O8Si2. The molecule has 0 aliphatic heterocycles. The van der Waals surface area contributed by atoms with Gasteiger partial charge in [0.05, 0.1) is 36.5 Å². The minimum atomic E-state index is -1.76. The SMILES string of the molecule is CC(C)(C)OC(=O)NCc1cc(Br)cc(C#N)c1.CC(C)(C)[Si](C)(C)OCc1cccc(B(O)O)c1.CC(C)[Si](C)(C)OCc1cccc(-c2cc(C#N)cc(CNC(=O)OC(C)(C)C)c2)c1. The Labute approximate surface area is 410 Å². The predicted octanol–water partition coefficient (Wildman–Crippen LogP) is 11.6. The van der Waals surface area contributed by atoms with E-state index in [1.54, 1.807) is 51.1 Å². The molecule has 0 atom stereocenters. The Morgan fingerprint density at radius 3 is 1.60 bits per heavy atom. The summed E-state index contributed by atoms with van der Waals surface area (Å²) in [6.45, 7) is 32.5. The lowest BCUT2D eigenvalue weighted by atomic mass is 9.80. The normalized spacial score (nSPS) is 11.7. The third-order valence-corrected chi connectivity index (χ3v) is 19.4. The number of nitriles is 2. The van der Waals surface area contributed by atoms with Gasteiger partial charge in [0.2, 0.25) is 0 Å². The Morgan fingerprint density at radius 1 is 0.657 bits per heavy atom. The van der Waals surface area contributed by atoms with E-state index in [1.807, 2.05) is 63.2 Å². The molecule has 12 nitrogen and oxygen atoms in total. The fourth-order valence-corrected chi connectivity index (χ4v) is 7.79. The van der Waals surface area contributed by atoms with E-state index in [-0.39, 0.29) is 11.6 Å². The van der Waals surface area contributed by atoms with E-state index in [0.717, 1.165) is 37.9 Å². The van der Waals surface area contributed by atoms with E-state index >= 15 is 0 Å². The maximum atomic E-state index is 12.0. The molecule has 0 aliphatic rings. The number of halogens is 1. The largest absolute Gasteiger partial charge is 0.488 e. The lowest BCUT2D eigenvalue weighted by Crippen LogP contribution is -2.40. The van der Waals surface area contributed by atoms with Crippen LogP contribution in [0, 0.1) is 22.7 Å². The van der Waals surface area contributed by atoms with Crippen molar-refractivity contribution in [3.8, 4) is 23.3 Å². The average molecular weight is 1020 g/mol. The molecule has 0 heterocycles. The lowest BCUT2D eigenvalue weighted by molar-refractivity contribution is 0.0512. The number of amides is 2. The van der Waals surface area contributed by atoms with Gasteiger partial charge in [0.1, 0.15) is 11.2 Å². The number of alkyl carbamates (subject to hydrolysis) is 2. The zero-order valence-corrected chi connectivity index (χ0v) is 45.8. The number of hydrogen-bond donors (Lipinski definition) is 4. The minimum absolute atomic E-state index is 0.182. The van der Waals surface area contributed by atoms with Gasteiger partial charge in [-0.1, -0.05) is 93.0 Å². The summed E-state index contributed by atoms with van der Waals surface area (Å²) >= 11 is 3.31. The van der Waals surface area contributed by atoms with Crippen LogP contribution in [-0.2, 0) is 44.6 Å². The van der Waals surface area contributed by atoms with Crippen LogP contribution in [0.5, 0.6) is 0 Å². The van der Waals surface area contributed by atoms with Crippen LogP contribution in [0.1, 0.15) is 110 Å². The summed E-state index contributed by atoms with van der Waals surface area (Å²) in [7, 11) is -4.89. The number of nitrogens with zero attached hydrogens (tertiary/aromatic N) is 2. The molecular weight excluding hydrogens is 943 g/mol. The first-order valence-electron chi connectivity index (χ1n) is 22.3. The van der Waals surface area contributed by atoms with Crippen molar-refractivity contribution in [1.82, 2.24) is 10.6 Å². The molecule has 2 amide bonds. The monoisotopic (exact) mass is 1010 g/mol. The molecule has 16 heteroatoms. The highest BCUT2D eigenvalue weighted by atomic mass is 79.9. The number of carbonyl (C=O) groups is 2. The Hall–Kier alpha value is -4.78. The maximum Gasteiger partial charge on any atom is 0.488 e. The number of nitrogens with one attached hydrogen (secondary N) is 2. The van der Waals surface area contributed by atoms with E-state index in [4.69, 9.17) is 33.6 Å². The summed E-state index contributed by atoms with van der Waals surface area (Å²) in [6.07, 6.45) is -0.950. The molecule has 4 aromatic carbocycles. The molecule has 0 unspecified atom stereocenters. The lowest BCUT2D eigenvalue weighted by Gasteiger charge is -2.36. The number of rotatable bonds is 13. The highest BCUT2D eigenvalue weighted by molar-refractivity contribution is 9.10. The molecule has 0 fully saturated rings. The van der Waals surface area contributed by atoms with Gasteiger partial charge < -0.3 is 39.0 Å². The van der Waals surface area contributed by atoms with Crippen LogP contribution in [0.15, 0.2) is 89.4 Å². The highest BCUT2D eigenvalue weighted by Gasteiger charge is 2.37. The topological polar surface area (TPSA) is 183 Å². The summed E-state index contributed by atoms with van der Waals surface area (Å²) in [5.41, 5.74) is 6.79. The summed E-state index contributed by atoms with van der Waals surface area (Å²) in [6, 6.07) is 30.6. The van der Waals surface area contributed by atoms with E-state index < -0.39 is 47.1 Å². The van der Waals surface area contributed by atoms with Crippen LogP contribution in [0.4, 0.5) is 9.59 Å². The standard InChI is InChI=1S/C25H34N2O3Si.C13H23BO3Si.C13H15BrN2O2/c1-18(2)31(6,7)29-17-19-9-8-10-22(12-19)23-13-20(15-26)11-21(14-23)16-27-24(28)30-25(3,4)5;1-13(2,3)18(4,5)17-10-11-7-6-8-12(9-11)14(15)16;1-13(2,3)18-12(17)16-8-10-4-9(7-15)5-11(14)6-10/h8-14,18H,16-17H2,1-7H3,(H,27,28);6-9,15-16H,10H2,1-5H3;4-6H,8H2,1-3H3,(H,16,17). The predicted molar refractivity (Wildman–Crippen MR) is 277 cm³/mol. The van der Waals surface area contributed by atoms with Gasteiger partial charge in [-0.2, -0.15) is 10.5 Å². The molecule has 0 aromatic heterocycles. The van der Waals surface area contributed by atoms with Gasteiger partial charge in [-0.05, 0) is 160 Å². The second-order valence-electron chi connectivity index (χ2n) is 20.6. The molecule has 0 saturated carbocycles. The van der Waals surface area contributed by atoms with Crippen molar-refractivity contribution in [2.75, 3.05) is 0 Å². The van der Waals surface area contributed by atoms with Gasteiger partial charge in [0.25, 0.3) is 0 Å². The Bertz CT molecular complexity index is 2340. The average Bonchev–Trinajstić information content (AvgIpc) is 3.22. The van der Waals surface area contributed by atoms with Crippen molar-refractivity contribution in [2.24, 2.45) is 0 Å². The summed E-state index contributed by atoms with van der Waals surface area (Å²) < 4.78 is 23.6. The molecule has 4 N–H and O–H groups in total. The molecule has 67 heavy (non-hydrogen) atoms. The Balaban J connectivity index is 0.000000368. The maximum absolute atomic E-state index is 12.0. The number of ether oxygens (including phenoxy) is 2. The van der Waals surface area contributed by atoms with E-state index in [9.17, 15) is 14.9 Å². The zero-order chi connectivity index (χ0) is 51.0. The summed E-state index contributed by atoms with van der Waals surface area (Å²) in [5, 5.41) is 42.1. The number of benzene rings is 4. The zero-order valence-electron chi connectivity index (χ0n) is 42.2. The minimum Gasteiger partial charge on any atom is -0.444 e. The van der Waals surface area contributed by atoms with Crippen molar-refractivity contribution in [1.29, 1.82) is 10.5 Å². The van der Waals surface area contributed by atoms with Gasteiger partial charge >= 0.3 is 19.3 Å². The van der Waals surface area contributed by atoms with Crippen LogP contribution < -0.4 is 16.1 Å². The van der Waals surface area contributed by atoms with Crippen LogP contribution in [0.2, 0.25) is 36.8 Å². The van der Waals surface area contributed by atoms with Crippen LogP contribution >= 0.6 is 15.9 Å². The second kappa shape index (κ2) is 25.5. The summed E-state index contributed by atoms with van der Waals surface area (Å²) in [4.78, 5) is 23.4. The third-order valence-electron chi connectivity index (χ3n) is 10.8. The van der Waals surface area contributed by atoms with Crippen molar-refractivity contribution < 1.29 is 38.0 Å². The van der Waals surface area contributed by atoms with Gasteiger partial charge in [0, 0.05) is 17.6 Å². The summed E-state index contributed by atoms with van der Waals surface area (Å²) in [5.74, 6) is 0. The molecule has 0 bridgehead atoms. The molecule has 362 valence electrons. The first kappa shape index (κ1) is 58.3. The van der Waals surface area contributed by atoms with Gasteiger partial charge in [-0.25, -0.2) is 9.59 Å². The first-order chi connectivity index (χ1) is 30.8. The molecule has 0 saturated heterocycles. The molecule has 4 rings (SSSR count). The van der Waals surface area contributed by atoms with E-state index in [1.165, 1.54) is 0 Å². The van der Waals surface area contributed by atoms with Crippen LogP contribution in [-0.4, -0.2) is 57.2 Å². The molecule has 0 aliphatic carbocycles. The van der Waals surface area contributed by atoms with Crippen LogP contribution in [0.3, 0.4) is 0 Å².